The highest BCUT2D eigenvalue weighted by atomic mass is 35.5. The Labute approximate surface area is 164 Å². The fraction of sp³-hybridized carbons (Fsp3) is 0.167. The average molecular weight is 420 g/mol. The Morgan fingerprint density at radius 1 is 1.21 bits per heavy atom. The molecule has 0 fully saturated rings. The lowest BCUT2D eigenvalue weighted by atomic mass is 10.2. The molecule has 1 N–H and O–H groups in total. The maximum atomic E-state index is 13.4. The fourth-order valence-electron chi connectivity index (χ4n) is 3.09. The Balaban J connectivity index is 1.87. The summed E-state index contributed by atoms with van der Waals surface area (Å²) in [5.41, 5.74) is 1.72. The van der Waals surface area contributed by atoms with Crippen molar-refractivity contribution in [3.63, 3.8) is 0 Å². The van der Waals surface area contributed by atoms with Gasteiger partial charge < -0.3 is 9.63 Å². The Kier molecular flexibility index (Phi) is 4.56. The van der Waals surface area contributed by atoms with Crippen molar-refractivity contribution >= 4 is 49.6 Å². The Morgan fingerprint density at radius 2 is 2.04 bits per heavy atom. The second kappa shape index (κ2) is 6.92. The third-order valence-corrected chi connectivity index (χ3v) is 6.31. The molecule has 144 valence electrons. The number of fused-ring (bicyclic) bond motifs is 2. The lowest BCUT2D eigenvalue weighted by molar-refractivity contribution is -0.137. The highest BCUT2D eigenvalue weighted by molar-refractivity contribution is 7.90. The van der Waals surface area contributed by atoms with Crippen LogP contribution in [0, 0.1) is 0 Å². The molecular formula is C18H14ClN3O5S. The average Bonchev–Trinajstić information content (AvgIpc) is 3.24. The standard InChI is InChI=1S/C18H14ClN3O5S/c19-17-7-5-15-14(21-17)9-12(2-1-3-18(23)24)22(15)28(25,26)13-4-6-16-11(8-13)10-20-27-16/h4-10H,1-3H2,(H,23,24). The van der Waals surface area contributed by atoms with Gasteiger partial charge in [0.05, 0.1) is 22.1 Å². The fourth-order valence-corrected chi connectivity index (χ4v) is 4.83. The zero-order chi connectivity index (χ0) is 19.9. The van der Waals surface area contributed by atoms with Crippen LogP contribution in [-0.2, 0) is 21.2 Å². The first-order valence-corrected chi connectivity index (χ1v) is 10.2. The molecule has 0 amide bonds. The Morgan fingerprint density at radius 3 is 2.82 bits per heavy atom. The normalized spacial score (nSPS) is 12.0. The maximum absolute atomic E-state index is 13.4. The van der Waals surface area contributed by atoms with Crippen molar-refractivity contribution in [2.75, 3.05) is 0 Å². The molecule has 0 saturated heterocycles. The number of halogens is 1. The van der Waals surface area contributed by atoms with Gasteiger partial charge in [-0.15, -0.1) is 0 Å². The minimum Gasteiger partial charge on any atom is -0.481 e. The van der Waals surface area contributed by atoms with Crippen LogP contribution in [0.2, 0.25) is 5.15 Å². The van der Waals surface area contributed by atoms with E-state index in [2.05, 4.69) is 10.1 Å². The van der Waals surface area contributed by atoms with Crippen LogP contribution in [0.5, 0.6) is 0 Å². The third-order valence-electron chi connectivity index (χ3n) is 4.34. The molecular weight excluding hydrogens is 406 g/mol. The summed E-state index contributed by atoms with van der Waals surface area (Å²) in [6, 6.07) is 9.19. The van der Waals surface area contributed by atoms with Crippen molar-refractivity contribution in [3.8, 4) is 0 Å². The van der Waals surface area contributed by atoms with Gasteiger partial charge in [0.25, 0.3) is 10.0 Å². The SMILES string of the molecule is O=C(O)CCCc1cc2nc(Cl)ccc2n1S(=O)(=O)c1ccc2oncc2c1. The minimum absolute atomic E-state index is 0.0649. The molecule has 0 aliphatic carbocycles. The monoisotopic (exact) mass is 419 g/mol. The summed E-state index contributed by atoms with van der Waals surface area (Å²) in [5, 5.41) is 13.4. The van der Waals surface area contributed by atoms with Crippen LogP contribution in [0.3, 0.4) is 0 Å². The third kappa shape index (κ3) is 3.23. The first-order chi connectivity index (χ1) is 13.4. The molecule has 0 saturated carbocycles. The first kappa shape index (κ1) is 18.5. The van der Waals surface area contributed by atoms with Crippen molar-refractivity contribution in [3.05, 3.63) is 53.4 Å². The number of pyridine rings is 1. The summed E-state index contributed by atoms with van der Waals surface area (Å²) in [7, 11) is -3.97. The smallest absolute Gasteiger partial charge is 0.303 e. The van der Waals surface area contributed by atoms with Crippen LogP contribution in [0.25, 0.3) is 22.0 Å². The van der Waals surface area contributed by atoms with E-state index in [-0.39, 0.29) is 22.9 Å². The number of carbonyl (C=O) groups is 1. The van der Waals surface area contributed by atoms with Crippen molar-refractivity contribution in [1.82, 2.24) is 14.1 Å². The molecule has 4 aromatic rings. The lowest BCUT2D eigenvalue weighted by Gasteiger charge is -2.12. The molecule has 1 aromatic carbocycles. The van der Waals surface area contributed by atoms with Crippen LogP contribution in [0.15, 0.2) is 52.0 Å². The molecule has 0 bridgehead atoms. The van der Waals surface area contributed by atoms with Crippen molar-refractivity contribution in [2.24, 2.45) is 0 Å². The van der Waals surface area contributed by atoms with E-state index in [0.29, 0.717) is 34.1 Å². The molecule has 10 heteroatoms. The first-order valence-electron chi connectivity index (χ1n) is 8.35. The van der Waals surface area contributed by atoms with Crippen LogP contribution < -0.4 is 0 Å². The van der Waals surface area contributed by atoms with Crippen molar-refractivity contribution < 1.29 is 22.8 Å². The van der Waals surface area contributed by atoms with Crippen molar-refractivity contribution in [1.29, 1.82) is 0 Å². The predicted molar refractivity (Wildman–Crippen MR) is 102 cm³/mol. The van der Waals surface area contributed by atoms with E-state index in [1.165, 1.54) is 28.4 Å². The largest absolute Gasteiger partial charge is 0.481 e. The summed E-state index contributed by atoms with van der Waals surface area (Å²) in [6.45, 7) is 0. The second-order valence-corrected chi connectivity index (χ2v) is 8.39. The van der Waals surface area contributed by atoms with Gasteiger partial charge >= 0.3 is 5.97 Å². The quantitative estimate of drug-likeness (QED) is 0.475. The molecule has 0 aliphatic rings. The molecule has 4 rings (SSSR count). The molecule has 0 atom stereocenters. The van der Waals surface area contributed by atoms with Gasteiger partial charge in [-0.05, 0) is 49.2 Å². The Hall–Kier alpha value is -2.91. The molecule has 0 unspecified atom stereocenters. The number of aliphatic carboxylic acids is 1. The maximum Gasteiger partial charge on any atom is 0.303 e. The highest BCUT2D eigenvalue weighted by Crippen LogP contribution is 2.28. The molecule has 3 aromatic heterocycles. The number of hydrogen-bond acceptors (Lipinski definition) is 6. The van der Waals surface area contributed by atoms with Gasteiger partial charge in [0.1, 0.15) is 5.15 Å². The minimum atomic E-state index is -3.97. The summed E-state index contributed by atoms with van der Waals surface area (Å²) in [5.74, 6) is -0.940. The number of aryl methyl sites for hydroxylation is 1. The summed E-state index contributed by atoms with van der Waals surface area (Å²) < 4.78 is 33.0. The topological polar surface area (TPSA) is 115 Å². The van der Waals surface area contributed by atoms with Crippen LogP contribution in [0.4, 0.5) is 0 Å². The van der Waals surface area contributed by atoms with E-state index in [1.54, 1.807) is 18.2 Å². The summed E-state index contributed by atoms with van der Waals surface area (Å²) >= 11 is 5.95. The van der Waals surface area contributed by atoms with Gasteiger partial charge in [-0.1, -0.05) is 16.8 Å². The highest BCUT2D eigenvalue weighted by Gasteiger charge is 2.24. The van der Waals surface area contributed by atoms with Crippen LogP contribution >= 0.6 is 11.6 Å². The summed E-state index contributed by atoms with van der Waals surface area (Å²) in [4.78, 5) is 15.1. The van der Waals surface area contributed by atoms with E-state index in [4.69, 9.17) is 21.2 Å². The van der Waals surface area contributed by atoms with Crippen LogP contribution in [0.1, 0.15) is 18.5 Å². The van der Waals surface area contributed by atoms with Gasteiger partial charge in [-0.2, -0.15) is 0 Å². The molecule has 0 radical (unpaired) electrons. The lowest BCUT2D eigenvalue weighted by Crippen LogP contribution is -2.16. The summed E-state index contributed by atoms with van der Waals surface area (Å²) in [6.07, 6.45) is 1.92. The van der Waals surface area contributed by atoms with Crippen molar-refractivity contribution in [2.45, 2.75) is 24.2 Å². The van der Waals surface area contributed by atoms with E-state index in [1.807, 2.05) is 0 Å². The molecule has 3 heterocycles. The van der Waals surface area contributed by atoms with E-state index in [0.717, 1.165) is 0 Å². The second-order valence-electron chi connectivity index (χ2n) is 6.22. The van der Waals surface area contributed by atoms with E-state index in [9.17, 15) is 13.2 Å². The van der Waals surface area contributed by atoms with E-state index < -0.39 is 16.0 Å². The van der Waals surface area contributed by atoms with Gasteiger partial charge in [-0.25, -0.2) is 17.4 Å². The number of nitrogens with zero attached hydrogens (tertiary/aromatic N) is 3. The number of hydrogen-bond donors (Lipinski definition) is 1. The Bertz CT molecular complexity index is 1310. The van der Waals surface area contributed by atoms with E-state index >= 15 is 0 Å². The zero-order valence-electron chi connectivity index (χ0n) is 14.4. The van der Waals surface area contributed by atoms with Gasteiger partial charge in [0.15, 0.2) is 5.58 Å². The zero-order valence-corrected chi connectivity index (χ0v) is 15.9. The number of rotatable bonds is 6. The van der Waals surface area contributed by atoms with Gasteiger partial charge in [-0.3, -0.25) is 4.79 Å². The van der Waals surface area contributed by atoms with Gasteiger partial charge in [0.2, 0.25) is 0 Å². The number of carboxylic acids is 1. The molecule has 8 nitrogen and oxygen atoms in total. The number of benzene rings is 1. The number of aromatic nitrogens is 3. The number of carboxylic acid groups (broad SMARTS) is 1. The van der Waals surface area contributed by atoms with Crippen LogP contribution in [-0.4, -0.2) is 33.6 Å². The van der Waals surface area contributed by atoms with Gasteiger partial charge in [0, 0.05) is 17.5 Å². The molecule has 28 heavy (non-hydrogen) atoms. The molecule has 0 spiro atoms. The predicted octanol–water partition coefficient (Wildman–Crippen LogP) is 3.48. The molecule has 0 aliphatic heterocycles.